The normalized spacial score (nSPS) is 16.0. The number of carboxylic acid groups (broad SMARTS) is 1. The van der Waals surface area contributed by atoms with Crippen LogP contribution in [0.25, 0.3) is 11.1 Å². The second kappa shape index (κ2) is 6.52. The van der Waals surface area contributed by atoms with Gasteiger partial charge in [-0.05, 0) is 25.0 Å². The summed E-state index contributed by atoms with van der Waals surface area (Å²) < 4.78 is 11.0. The number of aromatic carboxylic acids is 1. The van der Waals surface area contributed by atoms with Crippen molar-refractivity contribution in [2.45, 2.75) is 18.9 Å². The number of hydrogen-bond donors (Lipinski definition) is 1. The number of fused-ring (bicyclic) bond motifs is 1. The van der Waals surface area contributed by atoms with Gasteiger partial charge in [0.15, 0.2) is 5.58 Å². The number of oxazole rings is 1. The predicted octanol–water partition coefficient (Wildman–Crippen LogP) is 1.49. The number of para-hydroxylation sites is 1. The Kier molecular flexibility index (Phi) is 4.94. The monoisotopic (exact) mass is 284 g/mol. The van der Waals surface area contributed by atoms with Gasteiger partial charge in [-0.1, -0.05) is 6.07 Å². The van der Waals surface area contributed by atoms with Crippen LogP contribution in [0.3, 0.4) is 0 Å². The van der Waals surface area contributed by atoms with Gasteiger partial charge in [0.05, 0.1) is 11.7 Å². The molecule has 21 heavy (non-hydrogen) atoms. The van der Waals surface area contributed by atoms with E-state index >= 15 is 0 Å². The number of carboxylic acids is 1. The fourth-order valence-corrected chi connectivity index (χ4v) is 2.53. The molecule has 1 aliphatic rings. The van der Waals surface area contributed by atoms with Gasteiger partial charge in [-0.25, -0.2) is 4.79 Å². The van der Waals surface area contributed by atoms with Crippen molar-refractivity contribution in [1.29, 1.82) is 0 Å². The van der Waals surface area contributed by atoms with E-state index in [1.54, 1.807) is 19.2 Å². The molecule has 2 heterocycles. The summed E-state index contributed by atoms with van der Waals surface area (Å²) in [6.07, 6.45) is 2.12. The first-order valence-electron chi connectivity index (χ1n) is 6.59. The van der Waals surface area contributed by atoms with Gasteiger partial charge >= 0.3 is 24.8 Å². The number of nitrogens with zero attached hydrogens (tertiary/aromatic N) is 2. The van der Waals surface area contributed by atoms with Crippen molar-refractivity contribution < 1.29 is 19.1 Å². The molecule has 1 saturated heterocycles. The number of rotatable bonds is 3. The number of aromatic nitrogens is 1. The fraction of sp³-hybridized carbons (Fsp3) is 0.429. The number of anilines is 1. The molecule has 0 unspecified atom stereocenters. The molecule has 0 amide bonds. The van der Waals surface area contributed by atoms with Crippen molar-refractivity contribution in [3.63, 3.8) is 0 Å². The third kappa shape index (κ3) is 3.08. The molecule has 1 aliphatic heterocycles. The Morgan fingerprint density at radius 1 is 1.43 bits per heavy atom. The van der Waals surface area contributed by atoms with Crippen LogP contribution in [-0.2, 0) is 4.74 Å². The van der Waals surface area contributed by atoms with Gasteiger partial charge in [-0.15, -0.1) is 0 Å². The van der Waals surface area contributed by atoms with E-state index in [1.165, 1.54) is 6.07 Å². The van der Waals surface area contributed by atoms with Gasteiger partial charge < -0.3 is 19.2 Å². The Hall–Kier alpha value is -1.48. The van der Waals surface area contributed by atoms with Gasteiger partial charge in [0.1, 0.15) is 5.52 Å². The van der Waals surface area contributed by atoms with E-state index < -0.39 is 5.97 Å². The second-order valence-corrected chi connectivity index (χ2v) is 4.88. The van der Waals surface area contributed by atoms with Crippen LogP contribution in [0.4, 0.5) is 6.01 Å². The van der Waals surface area contributed by atoms with Crippen LogP contribution in [-0.4, -0.2) is 61.2 Å². The number of hydrogen-bond acceptors (Lipinski definition) is 5. The van der Waals surface area contributed by atoms with Crippen LogP contribution in [0, 0.1) is 0 Å². The van der Waals surface area contributed by atoms with E-state index in [9.17, 15) is 4.79 Å². The molecule has 3 rings (SSSR count). The van der Waals surface area contributed by atoms with E-state index in [4.69, 9.17) is 14.3 Å². The number of benzene rings is 1. The topological polar surface area (TPSA) is 75.8 Å². The summed E-state index contributed by atoms with van der Waals surface area (Å²) in [6, 6.07) is 5.43. The first-order chi connectivity index (χ1) is 9.69. The molecule has 0 bridgehead atoms. The zero-order chi connectivity index (χ0) is 14.1. The Morgan fingerprint density at radius 2 is 2.14 bits per heavy atom. The molecule has 1 N–H and O–H groups in total. The van der Waals surface area contributed by atoms with Crippen LogP contribution >= 0.6 is 0 Å². The summed E-state index contributed by atoms with van der Waals surface area (Å²) >= 11 is 0. The maximum absolute atomic E-state index is 11.2. The second-order valence-electron chi connectivity index (χ2n) is 4.88. The first-order valence-corrected chi connectivity index (χ1v) is 6.59. The molecule has 0 aliphatic carbocycles. The van der Waals surface area contributed by atoms with Crippen LogP contribution in [0.2, 0.25) is 0 Å². The predicted molar refractivity (Wildman–Crippen MR) is 80.4 cm³/mol. The molecule has 2 aromatic rings. The summed E-state index contributed by atoms with van der Waals surface area (Å²) in [5, 5.41) is 9.16. The minimum absolute atomic E-state index is 0. The minimum atomic E-state index is -0.992. The number of methoxy groups -OCH3 is 1. The van der Waals surface area contributed by atoms with E-state index in [0.29, 0.717) is 17.1 Å². The zero-order valence-corrected chi connectivity index (χ0v) is 11.2. The van der Waals surface area contributed by atoms with E-state index in [2.05, 4.69) is 4.98 Å². The van der Waals surface area contributed by atoms with Crippen LogP contribution in [0.5, 0.6) is 0 Å². The van der Waals surface area contributed by atoms with Gasteiger partial charge in [0.25, 0.3) is 6.01 Å². The number of piperidine rings is 1. The van der Waals surface area contributed by atoms with E-state index in [-0.39, 0.29) is 30.5 Å². The third-order valence-corrected chi connectivity index (χ3v) is 3.68. The van der Waals surface area contributed by atoms with Crippen LogP contribution in [0.1, 0.15) is 23.2 Å². The number of carbonyl (C=O) groups is 1. The van der Waals surface area contributed by atoms with Crippen molar-refractivity contribution in [2.24, 2.45) is 0 Å². The summed E-state index contributed by atoms with van der Waals surface area (Å²) in [5.41, 5.74) is 1.09. The van der Waals surface area contributed by atoms with Crippen LogP contribution < -0.4 is 4.90 Å². The molecule has 1 aromatic heterocycles. The average Bonchev–Trinajstić information content (AvgIpc) is 2.90. The summed E-state index contributed by atoms with van der Waals surface area (Å²) in [6.45, 7) is 1.60. The molecule has 6 nitrogen and oxygen atoms in total. The molecular weight excluding hydrogens is 267 g/mol. The molecule has 0 spiro atoms. The van der Waals surface area contributed by atoms with Gasteiger partial charge in [0.2, 0.25) is 0 Å². The molecule has 0 atom stereocenters. The van der Waals surface area contributed by atoms with Crippen molar-refractivity contribution in [1.82, 2.24) is 4.98 Å². The van der Waals surface area contributed by atoms with Crippen LogP contribution in [0.15, 0.2) is 22.6 Å². The molecule has 1 fully saturated rings. The molecule has 108 valence electrons. The molecule has 1 aromatic carbocycles. The maximum atomic E-state index is 11.2. The molecule has 0 saturated carbocycles. The Morgan fingerprint density at radius 3 is 2.76 bits per heavy atom. The fourth-order valence-electron chi connectivity index (χ4n) is 2.53. The Bertz CT molecular complexity index is 635. The SMILES string of the molecule is COC1CCN(c2nc3c(C(=O)O)cccc3o2)CC1.[LiH]. The van der Waals surface area contributed by atoms with Crippen molar-refractivity contribution in [3.05, 3.63) is 23.8 Å². The average molecular weight is 284 g/mol. The van der Waals surface area contributed by atoms with Gasteiger partial charge in [-0.3, -0.25) is 0 Å². The standard InChI is InChI=1S/C14H16N2O4.Li.H/c1-19-9-5-7-16(8-6-9)14-15-12-10(13(17)18)3-2-4-11(12)20-14;;/h2-4,9H,5-8H2,1H3,(H,17,18);;. The van der Waals surface area contributed by atoms with E-state index in [0.717, 1.165) is 25.9 Å². The number of ether oxygens (including phenoxy) is 1. The van der Waals surface area contributed by atoms with Crippen molar-refractivity contribution >= 4 is 41.9 Å². The molecule has 7 heteroatoms. The van der Waals surface area contributed by atoms with E-state index in [1.807, 2.05) is 4.90 Å². The summed E-state index contributed by atoms with van der Waals surface area (Å²) in [7, 11) is 1.72. The molecule has 0 radical (unpaired) electrons. The van der Waals surface area contributed by atoms with Gasteiger partial charge in [-0.2, -0.15) is 4.98 Å². The zero-order valence-electron chi connectivity index (χ0n) is 11.2. The molecular formula is C14H17LiN2O4. The quantitative estimate of drug-likeness (QED) is 0.861. The Balaban J connectivity index is 0.00000161. The Labute approximate surface area is 134 Å². The van der Waals surface area contributed by atoms with Crippen molar-refractivity contribution in [2.75, 3.05) is 25.1 Å². The summed E-state index contributed by atoms with van der Waals surface area (Å²) in [4.78, 5) is 17.5. The third-order valence-electron chi connectivity index (χ3n) is 3.68. The van der Waals surface area contributed by atoms with Gasteiger partial charge in [0, 0.05) is 20.2 Å². The van der Waals surface area contributed by atoms with Crippen molar-refractivity contribution in [3.8, 4) is 0 Å². The summed E-state index contributed by atoms with van der Waals surface area (Å²) in [5.74, 6) is -0.992. The first kappa shape index (κ1) is 15.9.